The summed E-state index contributed by atoms with van der Waals surface area (Å²) in [7, 11) is -3.60. The van der Waals surface area contributed by atoms with Crippen LogP contribution in [0.3, 0.4) is 0 Å². The van der Waals surface area contributed by atoms with E-state index in [0.29, 0.717) is 60.4 Å². The molecule has 0 spiro atoms. The summed E-state index contributed by atoms with van der Waals surface area (Å²) >= 11 is 0. The molecule has 2 amide bonds. The zero-order valence-corrected chi connectivity index (χ0v) is 27.9. The number of ether oxygens (including phenoxy) is 1. The molecule has 0 aliphatic carbocycles. The first-order valence-corrected chi connectivity index (χ1v) is 17.3. The first-order chi connectivity index (χ1) is 22.6. The van der Waals surface area contributed by atoms with Crippen LogP contribution in [0.2, 0.25) is 0 Å². The molecule has 16 nitrogen and oxygen atoms in total. The predicted octanol–water partition coefficient (Wildman–Crippen LogP) is 5.07. The Hall–Kier alpha value is -4.93. The Labute approximate surface area is 277 Å². The van der Waals surface area contributed by atoms with E-state index < -0.39 is 21.8 Å². The average molecular weight is 689 g/mol. The fourth-order valence-electron chi connectivity index (χ4n) is 5.27. The number of piperidine rings is 2. The summed E-state index contributed by atoms with van der Waals surface area (Å²) in [6, 6.07) is 10.4. The highest BCUT2D eigenvalue weighted by atomic mass is 32.2. The van der Waals surface area contributed by atoms with E-state index in [4.69, 9.17) is 22.9 Å². The molecule has 0 bridgehead atoms. The maximum Gasteiger partial charge on any atom is 0.410 e. The lowest BCUT2D eigenvalue weighted by Crippen LogP contribution is -2.44. The van der Waals surface area contributed by atoms with Gasteiger partial charge in [0.05, 0.1) is 6.26 Å². The lowest BCUT2D eigenvalue weighted by atomic mass is 10.1. The highest BCUT2D eigenvalue weighted by molar-refractivity contribution is 7.86. The molecule has 2 saturated heterocycles. The van der Waals surface area contributed by atoms with Gasteiger partial charge in [-0.3, -0.25) is 0 Å². The van der Waals surface area contributed by atoms with E-state index in [9.17, 15) is 23.1 Å². The van der Waals surface area contributed by atoms with E-state index in [0.717, 1.165) is 31.9 Å². The molecule has 4 heterocycles. The second-order valence-electron chi connectivity index (χ2n) is 12.7. The minimum absolute atomic E-state index is 0.110. The van der Waals surface area contributed by atoms with Gasteiger partial charge in [0.1, 0.15) is 28.1 Å². The number of phenols is 1. The molecular formula is C31H40N6O10S. The number of likely N-dealkylation sites (tertiary alicyclic amines) is 2. The number of anilines is 2. The minimum Gasteiger partial charge on any atom is -0.508 e. The highest BCUT2D eigenvalue weighted by Gasteiger charge is 2.28. The van der Waals surface area contributed by atoms with Gasteiger partial charge in [0.2, 0.25) is 0 Å². The van der Waals surface area contributed by atoms with Crippen molar-refractivity contribution in [1.29, 1.82) is 0 Å². The van der Waals surface area contributed by atoms with E-state index in [1.54, 1.807) is 23.1 Å². The molecule has 0 radical (unpaired) electrons. The first-order valence-electron chi connectivity index (χ1n) is 15.5. The number of benzene rings is 2. The molecule has 2 aliphatic rings. The number of fused-ring (bicyclic) bond motifs is 2. The van der Waals surface area contributed by atoms with E-state index in [1.807, 2.05) is 20.8 Å². The van der Waals surface area contributed by atoms with Gasteiger partial charge in [-0.1, -0.05) is 0 Å². The zero-order valence-electron chi connectivity index (χ0n) is 27.1. The summed E-state index contributed by atoms with van der Waals surface area (Å²) in [5.74, 6) is 0.327. The number of hydrogen-bond acceptors (Lipinski definition) is 13. The number of carbonyl (C=O) groups is 2. The molecule has 17 heteroatoms. The molecule has 2 aromatic carbocycles. The summed E-state index contributed by atoms with van der Waals surface area (Å²) in [6.45, 7) is 7.72. The van der Waals surface area contributed by atoms with Crippen LogP contribution in [0.1, 0.15) is 46.5 Å². The van der Waals surface area contributed by atoms with Crippen molar-refractivity contribution in [3.8, 4) is 11.5 Å². The van der Waals surface area contributed by atoms with Gasteiger partial charge in [0.25, 0.3) is 12.0 Å². The quantitative estimate of drug-likeness (QED) is 0.195. The molecule has 0 unspecified atom stereocenters. The number of oxazole rings is 2. The Kier molecular flexibility index (Phi) is 10.1. The van der Waals surface area contributed by atoms with Crippen molar-refractivity contribution in [2.75, 3.05) is 43.1 Å². The molecule has 48 heavy (non-hydrogen) atoms. The number of carbonyl (C=O) groups excluding carboxylic acids is 1. The van der Waals surface area contributed by atoms with Gasteiger partial charge >= 0.3 is 22.3 Å². The average Bonchev–Trinajstić information content (AvgIpc) is 3.58. The van der Waals surface area contributed by atoms with Crippen LogP contribution in [-0.2, 0) is 14.9 Å². The Morgan fingerprint density at radius 3 is 1.85 bits per heavy atom. The third-order valence-corrected chi connectivity index (χ3v) is 8.04. The van der Waals surface area contributed by atoms with Crippen molar-refractivity contribution in [3.05, 3.63) is 36.4 Å². The van der Waals surface area contributed by atoms with Gasteiger partial charge in [-0.15, -0.1) is 0 Å². The third kappa shape index (κ3) is 9.56. The van der Waals surface area contributed by atoms with Gasteiger partial charge in [0, 0.05) is 50.4 Å². The van der Waals surface area contributed by atoms with Gasteiger partial charge in [0.15, 0.2) is 11.2 Å². The number of nitrogens with one attached hydrogen (secondary N) is 2. The smallest absolute Gasteiger partial charge is 0.410 e. The molecule has 2 aromatic heterocycles. The molecule has 4 aromatic rings. The van der Waals surface area contributed by atoms with Crippen LogP contribution in [0.25, 0.3) is 22.2 Å². The van der Waals surface area contributed by atoms with E-state index in [1.165, 1.54) is 23.1 Å². The number of hydrogen-bond donors (Lipinski definition) is 4. The molecule has 4 N–H and O–H groups in total. The van der Waals surface area contributed by atoms with Crippen LogP contribution in [0.15, 0.2) is 45.2 Å². The molecule has 260 valence electrons. The van der Waals surface area contributed by atoms with Crippen LogP contribution in [-0.4, -0.2) is 101 Å². The lowest BCUT2D eigenvalue weighted by molar-refractivity contribution is 0.0210. The van der Waals surface area contributed by atoms with Crippen molar-refractivity contribution in [3.63, 3.8) is 0 Å². The zero-order chi connectivity index (χ0) is 34.6. The first kappa shape index (κ1) is 34.4. The Bertz CT molecular complexity index is 1850. The van der Waals surface area contributed by atoms with Crippen LogP contribution in [0.5, 0.6) is 11.5 Å². The second-order valence-corrected chi connectivity index (χ2v) is 14.3. The van der Waals surface area contributed by atoms with Gasteiger partial charge < -0.3 is 48.4 Å². The topological polar surface area (TPSA) is 210 Å². The number of carboxylic acid groups (broad SMARTS) is 1. The normalized spacial score (nSPS) is 16.3. The third-order valence-electron chi connectivity index (χ3n) is 7.55. The van der Waals surface area contributed by atoms with E-state index >= 15 is 0 Å². The highest BCUT2D eigenvalue weighted by Crippen LogP contribution is 2.27. The number of phenolic OH excluding ortho intramolecular Hbond substituents is 1. The minimum atomic E-state index is -3.60. The van der Waals surface area contributed by atoms with Crippen molar-refractivity contribution in [1.82, 2.24) is 19.8 Å². The number of rotatable bonds is 6. The van der Waals surface area contributed by atoms with E-state index in [-0.39, 0.29) is 29.7 Å². The predicted molar refractivity (Wildman–Crippen MR) is 176 cm³/mol. The number of aromatic nitrogens is 2. The maximum absolute atomic E-state index is 12.1. The molecule has 0 saturated carbocycles. The Morgan fingerprint density at radius 2 is 1.35 bits per heavy atom. The lowest BCUT2D eigenvalue weighted by Gasteiger charge is -2.33. The molecule has 2 fully saturated rings. The second kappa shape index (κ2) is 14.0. The van der Waals surface area contributed by atoms with Crippen molar-refractivity contribution in [2.45, 2.75) is 64.1 Å². The summed E-state index contributed by atoms with van der Waals surface area (Å²) in [5, 5.41) is 24.7. The number of nitrogens with zero attached hydrogens (tertiary/aromatic N) is 4. The fourth-order valence-corrected chi connectivity index (χ4v) is 5.72. The summed E-state index contributed by atoms with van der Waals surface area (Å²) in [5.41, 5.74) is 1.71. The Balaban J connectivity index is 0.000000198. The van der Waals surface area contributed by atoms with Crippen LogP contribution in [0, 0.1) is 0 Å². The van der Waals surface area contributed by atoms with Gasteiger partial charge in [-0.2, -0.15) is 18.4 Å². The maximum atomic E-state index is 12.1. The number of aromatic hydroxyl groups is 1. The van der Waals surface area contributed by atoms with Gasteiger partial charge in [-0.05, 0) is 70.7 Å². The standard InChI is InChI=1S/C18H25N3O6S.C13H15N3O4/c1-18(2,3)26-17(22)21-9-7-12(8-10-21)19-16-20-14-11-13(27-28(4,23)24)5-6-15(14)25-16;17-9-1-2-11-10(7-9)15-12(20-11)14-8-3-5-16(6-4-8)13(18)19/h5-6,11-12H,7-10H2,1-4H3,(H,19,20);1-2,7-8,17H,3-6H2,(H,14,15)(H,18,19). The summed E-state index contributed by atoms with van der Waals surface area (Å²) in [6.07, 6.45) is 2.72. The van der Waals surface area contributed by atoms with Crippen molar-refractivity contribution < 1.29 is 46.0 Å². The van der Waals surface area contributed by atoms with Crippen LogP contribution in [0.4, 0.5) is 21.6 Å². The van der Waals surface area contributed by atoms with E-state index in [2.05, 4.69) is 20.6 Å². The molecule has 0 atom stereocenters. The molecule has 2 aliphatic heterocycles. The van der Waals surface area contributed by atoms with Gasteiger partial charge in [-0.25, -0.2) is 9.59 Å². The monoisotopic (exact) mass is 688 g/mol. The SMILES string of the molecule is CC(C)(C)OC(=O)N1CCC(Nc2nc3cc(OS(C)(=O)=O)ccc3o2)CC1.O=C(O)N1CCC(Nc2nc3cc(O)ccc3o2)CC1. The summed E-state index contributed by atoms with van der Waals surface area (Å²) < 4.78 is 43.9. The van der Waals surface area contributed by atoms with Crippen molar-refractivity contribution >= 4 is 56.5 Å². The largest absolute Gasteiger partial charge is 0.508 e. The van der Waals surface area contributed by atoms with Crippen LogP contribution < -0.4 is 14.8 Å². The van der Waals surface area contributed by atoms with Crippen LogP contribution >= 0.6 is 0 Å². The molecular weight excluding hydrogens is 648 g/mol. The fraction of sp³-hybridized carbons (Fsp3) is 0.484. The summed E-state index contributed by atoms with van der Waals surface area (Å²) in [4.78, 5) is 34.6. The van der Waals surface area contributed by atoms with Crippen molar-refractivity contribution in [2.24, 2.45) is 0 Å². The Morgan fingerprint density at radius 1 is 0.854 bits per heavy atom. The number of amides is 2. The molecule has 6 rings (SSSR count).